The van der Waals surface area contributed by atoms with Gasteiger partial charge in [0, 0.05) is 96.7 Å². The Morgan fingerprint density at radius 3 is 0.762 bits per heavy atom. The maximum Gasteiger partial charge on any atom is 0.394 e. The van der Waals surface area contributed by atoms with Crippen molar-refractivity contribution in [3.8, 4) is 23.0 Å². The van der Waals surface area contributed by atoms with Gasteiger partial charge in [0.2, 0.25) is 0 Å². The van der Waals surface area contributed by atoms with Gasteiger partial charge in [0.1, 0.15) is 23.0 Å². The fourth-order valence-electron chi connectivity index (χ4n) is 17.8. The molecule has 536 valence electrons. The van der Waals surface area contributed by atoms with E-state index in [-0.39, 0.29) is 24.2 Å². The average Bonchev–Trinajstić information content (AvgIpc) is 0.783. The molecule has 0 amide bonds. The average molecular weight is 1400 g/mol. The monoisotopic (exact) mass is 1390 g/mol. The minimum Gasteiger partial charge on any atom is -0.497 e. The minimum absolute atomic E-state index is 0.178. The van der Waals surface area contributed by atoms with Crippen LogP contribution in [0.5, 0.6) is 23.0 Å². The van der Waals surface area contributed by atoms with Crippen LogP contribution in [0.1, 0.15) is 98.0 Å². The highest BCUT2D eigenvalue weighted by molar-refractivity contribution is 7.79. The van der Waals surface area contributed by atoms with E-state index in [2.05, 4.69) is 90.2 Å². The van der Waals surface area contributed by atoms with Crippen LogP contribution in [-0.4, -0.2) is 182 Å². The minimum atomic E-state index is -4.67. The van der Waals surface area contributed by atoms with Gasteiger partial charge in [-0.15, -0.1) is 26.3 Å². The lowest BCUT2D eigenvalue weighted by Crippen LogP contribution is -2.54. The van der Waals surface area contributed by atoms with Crippen molar-refractivity contribution < 1.29 is 56.9 Å². The molecule has 0 saturated carbocycles. The molecule has 8 bridgehead atoms. The fourth-order valence-corrected chi connectivity index (χ4v) is 17.8. The van der Waals surface area contributed by atoms with E-state index in [9.17, 15) is 20.4 Å². The fraction of sp³-hybridized carbons (Fsp3) is 0.450. The number of aromatic nitrogens is 4. The highest BCUT2D eigenvalue weighted by Crippen LogP contribution is 2.47. The van der Waals surface area contributed by atoms with Crippen molar-refractivity contribution in [3.63, 3.8) is 0 Å². The molecule has 20 rings (SSSR count). The van der Waals surface area contributed by atoms with Crippen molar-refractivity contribution in [1.82, 2.24) is 39.5 Å². The zero-order chi connectivity index (χ0) is 71.2. The summed E-state index contributed by atoms with van der Waals surface area (Å²) in [5.74, 6) is 8.03. The van der Waals surface area contributed by atoms with Crippen molar-refractivity contribution in [3.05, 3.63) is 195 Å². The largest absolute Gasteiger partial charge is 0.497 e. The Morgan fingerprint density at radius 2 is 0.594 bits per heavy atom. The molecule has 12 aliphatic rings. The first kappa shape index (κ1) is 73.0. The molecule has 21 heteroatoms. The molecule has 20 atom stereocenters. The first-order chi connectivity index (χ1) is 48.8. The molecular formula is C80H98N8O12S. The van der Waals surface area contributed by atoms with Crippen LogP contribution < -0.4 is 18.9 Å². The quantitative estimate of drug-likeness (QED) is 0.0388. The standard InChI is InChI=1S/4C20H24N2O2.H2O4S/c4*1-3-13-12-22-9-7-14(13)10-19(22)20(23)16-6-8-21-18-5-4-15(24-2)11-17(16)18;1-5(2,3)4/h4*3-6,8,11,13-14,19-20,23H,1,7,9-10,12H2,2H3;(H2,1,2,3,4)/t4*13-,14-,19+,20-;/m0000./s1. The number of aliphatic hydroxyl groups excluding tert-OH is 4. The summed E-state index contributed by atoms with van der Waals surface area (Å²) in [7, 11) is 1.98. The van der Waals surface area contributed by atoms with Crippen LogP contribution in [0.4, 0.5) is 0 Å². The topological polar surface area (TPSA) is 257 Å². The van der Waals surface area contributed by atoms with E-state index < -0.39 is 34.8 Å². The Morgan fingerprint density at radius 1 is 0.386 bits per heavy atom. The van der Waals surface area contributed by atoms with Crippen LogP contribution in [-0.2, 0) is 10.4 Å². The number of hydrogen-bond donors (Lipinski definition) is 6. The number of benzene rings is 4. The number of fused-ring (bicyclic) bond motifs is 16. The van der Waals surface area contributed by atoms with Gasteiger partial charge >= 0.3 is 10.4 Å². The number of nitrogens with zero attached hydrogens (tertiary/aromatic N) is 8. The van der Waals surface area contributed by atoms with Crippen LogP contribution in [0.25, 0.3) is 43.6 Å². The summed E-state index contributed by atoms with van der Waals surface area (Å²) in [5, 5.41) is 48.5. The van der Waals surface area contributed by atoms with E-state index in [1.54, 1.807) is 53.2 Å². The molecule has 12 saturated heterocycles. The second-order valence-corrected chi connectivity index (χ2v) is 29.2. The van der Waals surface area contributed by atoms with E-state index in [1.165, 1.54) is 25.7 Å². The lowest BCUT2D eigenvalue weighted by atomic mass is 9.73. The Labute approximate surface area is 593 Å². The number of pyridine rings is 4. The SMILES string of the molecule is C=C[C@H]1CN2CC[C@H]1C[C@@H]2[C@@H](O)c1ccnc2ccc(OC)cc12.C=C[C@H]1C[N@]2CC[C@H]1C[C@@H]2[C@@H](O)c1ccnc2ccc(OC)cc12.C=C[C@H]1C[N@]2CC[C@H]1C[C@@H]2[C@@H](O)c1ccnc2ccc(OC)cc12.C=C[C@H]1C[N@]2CC[C@H]1C[C@@H]2[C@@H](O)c1ccnc2ccc(OC)cc12.O=S(=O)(O)O. The Kier molecular flexibility index (Phi) is 23.3. The normalized spacial score (nSPS) is 29.3. The van der Waals surface area contributed by atoms with Crippen molar-refractivity contribution in [1.29, 1.82) is 0 Å². The van der Waals surface area contributed by atoms with E-state index in [0.29, 0.717) is 47.3 Å². The van der Waals surface area contributed by atoms with Gasteiger partial charge in [-0.2, -0.15) is 8.42 Å². The summed E-state index contributed by atoms with van der Waals surface area (Å²) in [5.41, 5.74) is 7.38. The van der Waals surface area contributed by atoms with Gasteiger partial charge in [0.05, 0.1) is 74.9 Å². The first-order valence-electron chi connectivity index (χ1n) is 35.4. The second-order valence-electron chi connectivity index (χ2n) is 28.3. The highest BCUT2D eigenvalue weighted by Gasteiger charge is 2.46. The number of hydrogen-bond acceptors (Lipinski definition) is 18. The number of rotatable bonds is 16. The van der Waals surface area contributed by atoms with Crippen LogP contribution in [0.3, 0.4) is 0 Å². The maximum atomic E-state index is 11.2. The Bertz CT molecular complexity index is 3830. The highest BCUT2D eigenvalue weighted by atomic mass is 32.3. The summed E-state index contributed by atoms with van der Waals surface area (Å²) in [6.07, 6.45) is 22.5. The van der Waals surface area contributed by atoms with Gasteiger partial charge in [-0.3, -0.25) is 48.6 Å². The van der Waals surface area contributed by atoms with Gasteiger partial charge in [0.15, 0.2) is 0 Å². The van der Waals surface area contributed by atoms with Crippen molar-refractivity contribution in [2.75, 3.05) is 80.8 Å². The number of methoxy groups -OCH3 is 4. The van der Waals surface area contributed by atoms with Crippen LogP contribution >= 0.6 is 0 Å². The third kappa shape index (κ3) is 16.1. The predicted octanol–water partition coefficient (Wildman–Crippen LogP) is 12.0. The van der Waals surface area contributed by atoms with Crippen LogP contribution in [0.15, 0.2) is 172 Å². The number of piperidine rings is 12. The molecule has 12 aliphatic heterocycles. The molecule has 4 aromatic carbocycles. The Balaban J connectivity index is 0.000000124. The summed E-state index contributed by atoms with van der Waals surface area (Å²) in [4.78, 5) is 27.4. The van der Waals surface area contributed by atoms with E-state index in [4.69, 9.17) is 36.5 Å². The summed E-state index contributed by atoms with van der Waals surface area (Å²) >= 11 is 0. The molecule has 1 unspecified atom stereocenters. The molecule has 101 heavy (non-hydrogen) atoms. The first-order valence-corrected chi connectivity index (χ1v) is 36.8. The van der Waals surface area contributed by atoms with Crippen molar-refractivity contribution in [2.24, 2.45) is 47.3 Å². The lowest BCUT2D eigenvalue weighted by Gasteiger charge is -2.50. The van der Waals surface area contributed by atoms with Crippen molar-refractivity contribution >= 4 is 54.0 Å². The van der Waals surface area contributed by atoms with Gasteiger partial charge in [-0.25, -0.2) is 0 Å². The van der Waals surface area contributed by atoms with Gasteiger partial charge in [0.25, 0.3) is 0 Å². The van der Waals surface area contributed by atoms with Gasteiger partial charge in [-0.05, 0) is 244 Å². The van der Waals surface area contributed by atoms with E-state index in [0.717, 1.165) is 167 Å². The number of aliphatic hydroxyl groups is 4. The molecule has 6 N–H and O–H groups in total. The molecule has 12 fully saturated rings. The molecule has 20 nitrogen and oxygen atoms in total. The third-order valence-corrected chi connectivity index (χ3v) is 23.3. The van der Waals surface area contributed by atoms with Crippen LogP contribution in [0.2, 0.25) is 0 Å². The summed E-state index contributed by atoms with van der Waals surface area (Å²) in [6.45, 7) is 24.3. The molecular weight excluding hydrogens is 1300 g/mol. The van der Waals surface area contributed by atoms with E-state index in [1.807, 2.05) is 97.1 Å². The van der Waals surface area contributed by atoms with E-state index >= 15 is 0 Å². The molecule has 0 spiro atoms. The number of ether oxygens (including phenoxy) is 4. The molecule has 4 aromatic heterocycles. The third-order valence-electron chi connectivity index (χ3n) is 23.3. The maximum absolute atomic E-state index is 11.2. The summed E-state index contributed by atoms with van der Waals surface area (Å²) in [6, 6.07) is 31.8. The molecule has 0 aliphatic carbocycles. The lowest BCUT2D eigenvalue weighted by molar-refractivity contribution is -0.0445. The molecule has 8 aromatic rings. The summed E-state index contributed by atoms with van der Waals surface area (Å²) < 4.78 is 53.0. The molecule has 16 heterocycles. The second kappa shape index (κ2) is 32.3. The predicted molar refractivity (Wildman–Crippen MR) is 394 cm³/mol. The zero-order valence-corrected chi connectivity index (χ0v) is 59.2. The van der Waals surface area contributed by atoms with Crippen LogP contribution in [0, 0.1) is 47.3 Å². The zero-order valence-electron chi connectivity index (χ0n) is 58.4. The van der Waals surface area contributed by atoms with Crippen molar-refractivity contribution in [2.45, 2.75) is 99.9 Å². The Hall–Kier alpha value is -7.77. The van der Waals surface area contributed by atoms with Gasteiger partial charge in [-0.1, -0.05) is 24.3 Å². The molecule has 0 radical (unpaired) electrons. The smallest absolute Gasteiger partial charge is 0.394 e. The van der Waals surface area contributed by atoms with Gasteiger partial charge < -0.3 is 39.4 Å².